The van der Waals surface area contributed by atoms with Crippen LogP contribution < -0.4 is 4.90 Å². The second-order valence-electron chi connectivity index (χ2n) is 8.04. The Hall–Kier alpha value is -2.66. The highest BCUT2D eigenvalue weighted by atomic mass is 16.2. The first-order valence-corrected chi connectivity index (χ1v) is 10.3. The van der Waals surface area contributed by atoms with Gasteiger partial charge in [0, 0.05) is 12.4 Å². The molecule has 1 aliphatic heterocycles. The Morgan fingerprint density at radius 3 is 2.86 bits per heavy atom. The topological polar surface area (TPSA) is 49.0 Å². The number of carbonyl (C=O) groups excluding carboxylic acids is 1. The molecule has 1 saturated heterocycles. The number of piperazine rings is 1. The molecule has 1 unspecified atom stereocenters. The Morgan fingerprint density at radius 1 is 1.25 bits per heavy atom. The third-order valence-corrected chi connectivity index (χ3v) is 6.05. The lowest BCUT2D eigenvalue weighted by molar-refractivity contribution is -0.832. The van der Waals surface area contributed by atoms with Crippen molar-refractivity contribution in [3.8, 4) is 0 Å². The first-order chi connectivity index (χ1) is 13.6. The maximum Gasteiger partial charge on any atom is 0.346 e. The van der Waals surface area contributed by atoms with Gasteiger partial charge >= 0.3 is 5.91 Å². The number of H-pyrrole nitrogens is 1. The number of carbonyl (C=O) groups is 1. The second-order valence-corrected chi connectivity index (χ2v) is 8.04. The minimum Gasteiger partial charge on any atom is -0.331 e. The third-order valence-electron chi connectivity index (χ3n) is 6.05. The van der Waals surface area contributed by atoms with Gasteiger partial charge in [0.1, 0.15) is 13.1 Å². The van der Waals surface area contributed by atoms with Crippen molar-refractivity contribution in [1.29, 1.82) is 0 Å². The van der Waals surface area contributed by atoms with Crippen LogP contribution in [0.1, 0.15) is 36.5 Å². The lowest BCUT2D eigenvalue weighted by Gasteiger charge is -2.45. The molecule has 2 heterocycles. The molecule has 3 aromatic rings. The summed E-state index contributed by atoms with van der Waals surface area (Å²) < 4.78 is 0.444. The highest BCUT2D eigenvalue weighted by Gasteiger charge is 2.42. The number of likely N-dealkylation sites (N-methyl/N-ethyl adjacent to an activating group) is 1. The maximum absolute atomic E-state index is 13.7. The number of unbranched alkanes of at least 4 members (excludes halogenated alkanes) is 1. The smallest absolute Gasteiger partial charge is 0.331 e. The molecule has 5 heteroatoms. The third kappa shape index (κ3) is 3.42. The number of hydrogen-bond donors (Lipinski definition) is 1. The predicted molar refractivity (Wildman–Crippen MR) is 113 cm³/mol. The highest BCUT2D eigenvalue weighted by molar-refractivity contribution is 6.04. The van der Waals surface area contributed by atoms with E-state index in [0.717, 1.165) is 61.2 Å². The first-order valence-electron chi connectivity index (χ1n) is 10.3. The van der Waals surface area contributed by atoms with Gasteiger partial charge in [0.05, 0.1) is 25.2 Å². The average molecular weight is 378 g/mol. The van der Waals surface area contributed by atoms with Crippen molar-refractivity contribution in [2.45, 2.75) is 32.2 Å². The van der Waals surface area contributed by atoms with Gasteiger partial charge in [-0.25, -0.2) is 9.78 Å². The Morgan fingerprint density at radius 2 is 2.07 bits per heavy atom. The molecule has 0 saturated carbocycles. The molecule has 1 aliphatic rings. The molecule has 0 spiro atoms. The standard InChI is InChI=1S/C23H29N4O/c1-3-4-10-19-17-27(2,16-15-26(19)23-24-13-14-25-23)22(28)21-12-7-9-18-8-5-6-11-20(18)21/h5-9,11-14,19H,3-4,10,15-17H2,1-2H3,(H,24,25)/q+1/t19-,27?/m1/s1. The van der Waals surface area contributed by atoms with Crippen molar-refractivity contribution in [1.82, 2.24) is 9.97 Å². The number of aromatic amines is 1. The predicted octanol–water partition coefficient (Wildman–Crippen LogP) is 4.23. The molecule has 1 fully saturated rings. The summed E-state index contributed by atoms with van der Waals surface area (Å²) in [7, 11) is 2.10. The van der Waals surface area contributed by atoms with Gasteiger partial charge < -0.3 is 9.88 Å². The first kappa shape index (κ1) is 18.7. The Kier molecular flexibility index (Phi) is 5.18. The van der Waals surface area contributed by atoms with Gasteiger partial charge in [0.15, 0.2) is 0 Å². The molecule has 2 aromatic carbocycles. The van der Waals surface area contributed by atoms with Crippen LogP contribution >= 0.6 is 0 Å². The number of aromatic nitrogens is 2. The molecular formula is C23H29N4O+. The van der Waals surface area contributed by atoms with Crippen molar-refractivity contribution in [3.63, 3.8) is 0 Å². The average Bonchev–Trinajstić information content (AvgIpc) is 3.26. The lowest BCUT2D eigenvalue weighted by Crippen LogP contribution is -2.64. The molecular weight excluding hydrogens is 348 g/mol. The van der Waals surface area contributed by atoms with E-state index < -0.39 is 0 Å². The molecule has 0 radical (unpaired) electrons. The number of hydrogen-bond acceptors (Lipinski definition) is 3. The summed E-state index contributed by atoms with van der Waals surface area (Å²) >= 11 is 0. The van der Waals surface area contributed by atoms with Crippen LogP contribution in [0.4, 0.5) is 5.95 Å². The molecule has 5 nitrogen and oxygen atoms in total. The van der Waals surface area contributed by atoms with Crippen LogP contribution in [-0.4, -0.2) is 53.1 Å². The summed E-state index contributed by atoms with van der Waals surface area (Å²) in [5.41, 5.74) is 0.835. The van der Waals surface area contributed by atoms with Crippen molar-refractivity contribution in [2.75, 3.05) is 31.6 Å². The van der Waals surface area contributed by atoms with Crippen molar-refractivity contribution < 1.29 is 9.28 Å². The molecule has 0 aliphatic carbocycles. The number of imidazole rings is 1. The van der Waals surface area contributed by atoms with E-state index in [1.807, 2.05) is 30.5 Å². The van der Waals surface area contributed by atoms with Gasteiger partial charge in [-0.1, -0.05) is 56.2 Å². The maximum atomic E-state index is 13.7. The lowest BCUT2D eigenvalue weighted by atomic mass is 9.99. The van der Waals surface area contributed by atoms with E-state index in [1.165, 1.54) is 0 Å². The fraction of sp³-hybridized carbons (Fsp3) is 0.391. The van der Waals surface area contributed by atoms with Crippen molar-refractivity contribution in [3.05, 3.63) is 60.4 Å². The minimum atomic E-state index is 0.220. The van der Waals surface area contributed by atoms with Crippen LogP contribution in [0.25, 0.3) is 10.8 Å². The molecule has 0 bridgehead atoms. The van der Waals surface area contributed by atoms with Gasteiger partial charge in [-0.3, -0.25) is 4.48 Å². The molecule has 1 N–H and O–H groups in total. The van der Waals surface area contributed by atoms with Gasteiger partial charge in [0.2, 0.25) is 5.95 Å². The van der Waals surface area contributed by atoms with Crippen LogP contribution in [0.2, 0.25) is 0 Å². The van der Waals surface area contributed by atoms with Crippen molar-refractivity contribution >= 4 is 22.6 Å². The van der Waals surface area contributed by atoms with E-state index in [1.54, 1.807) is 6.20 Å². The van der Waals surface area contributed by atoms with Gasteiger partial charge in [-0.05, 0) is 23.3 Å². The van der Waals surface area contributed by atoms with Crippen molar-refractivity contribution in [2.24, 2.45) is 0 Å². The Labute approximate surface area is 166 Å². The van der Waals surface area contributed by atoms with E-state index >= 15 is 0 Å². The summed E-state index contributed by atoms with van der Waals surface area (Å²) in [6.07, 6.45) is 7.06. The zero-order valence-electron chi connectivity index (χ0n) is 16.8. The number of nitrogens with one attached hydrogen (secondary N) is 1. The van der Waals surface area contributed by atoms with Crippen LogP contribution in [0.15, 0.2) is 54.9 Å². The summed E-state index contributed by atoms with van der Waals surface area (Å²) in [4.78, 5) is 23.7. The Balaban J connectivity index is 1.64. The summed E-state index contributed by atoms with van der Waals surface area (Å²) in [5, 5.41) is 2.17. The molecule has 1 aromatic heterocycles. The number of rotatable bonds is 5. The number of benzene rings is 2. The molecule has 2 atom stereocenters. The van der Waals surface area contributed by atoms with E-state index in [9.17, 15) is 4.79 Å². The number of quaternary nitrogens is 1. The van der Waals surface area contributed by atoms with Crippen LogP contribution in [0.3, 0.4) is 0 Å². The number of amides is 1. The van der Waals surface area contributed by atoms with Gasteiger partial charge in [-0.2, -0.15) is 0 Å². The normalized spacial score (nSPS) is 22.5. The molecule has 4 rings (SSSR count). The second kappa shape index (κ2) is 7.76. The molecule has 1 amide bonds. The monoisotopic (exact) mass is 377 g/mol. The fourth-order valence-corrected chi connectivity index (χ4v) is 4.43. The van der Waals surface area contributed by atoms with Gasteiger partial charge in [-0.15, -0.1) is 0 Å². The summed E-state index contributed by atoms with van der Waals surface area (Å²) in [6.45, 7) is 4.64. The highest BCUT2D eigenvalue weighted by Crippen LogP contribution is 2.28. The Bertz CT molecular complexity index is 947. The van der Waals surface area contributed by atoms with Gasteiger partial charge in [0.25, 0.3) is 0 Å². The van der Waals surface area contributed by atoms with Crippen LogP contribution in [0, 0.1) is 0 Å². The van der Waals surface area contributed by atoms with E-state index in [-0.39, 0.29) is 5.91 Å². The number of fused-ring (bicyclic) bond motifs is 1. The zero-order chi connectivity index (χ0) is 19.6. The van der Waals surface area contributed by atoms with E-state index in [0.29, 0.717) is 10.5 Å². The zero-order valence-corrected chi connectivity index (χ0v) is 16.8. The minimum absolute atomic E-state index is 0.220. The summed E-state index contributed by atoms with van der Waals surface area (Å²) in [5.74, 6) is 1.14. The molecule has 28 heavy (non-hydrogen) atoms. The SMILES string of the molecule is CCCC[C@@H]1C[N+](C)(C(=O)c2cccc3ccccc23)CCN1c1ncc[nH]1. The number of anilines is 1. The quantitative estimate of drug-likeness (QED) is 0.677. The number of nitrogens with zero attached hydrogens (tertiary/aromatic N) is 3. The summed E-state index contributed by atoms with van der Waals surface area (Å²) in [6, 6.07) is 14.5. The molecule has 146 valence electrons. The van der Waals surface area contributed by atoms with E-state index in [4.69, 9.17) is 0 Å². The van der Waals surface area contributed by atoms with Crippen LogP contribution in [0.5, 0.6) is 0 Å². The van der Waals surface area contributed by atoms with Crippen LogP contribution in [-0.2, 0) is 0 Å². The largest absolute Gasteiger partial charge is 0.346 e. The van der Waals surface area contributed by atoms with E-state index in [2.05, 4.69) is 47.0 Å². The fourth-order valence-electron chi connectivity index (χ4n) is 4.43.